The van der Waals surface area contributed by atoms with Gasteiger partial charge in [0.15, 0.2) is 0 Å². The van der Waals surface area contributed by atoms with Gasteiger partial charge in [0, 0.05) is 36.1 Å². The fourth-order valence-electron chi connectivity index (χ4n) is 4.50. The van der Waals surface area contributed by atoms with Gasteiger partial charge in [-0.15, -0.1) is 0 Å². The Bertz CT molecular complexity index is 1200. The molecule has 8 heteroatoms. The first-order chi connectivity index (χ1) is 17.8. The molecular weight excluding hydrogens is 470 g/mol. The molecular formula is C29H35N3O5. The molecule has 0 atom stereocenters. The highest BCUT2D eigenvalue weighted by atomic mass is 16.5. The Labute approximate surface area is 218 Å². The Morgan fingerprint density at radius 3 is 2.16 bits per heavy atom. The van der Waals surface area contributed by atoms with Gasteiger partial charge in [0.2, 0.25) is 0 Å². The molecule has 0 radical (unpaired) electrons. The lowest BCUT2D eigenvalue weighted by Crippen LogP contribution is -2.38. The number of aromatic nitrogens is 2. The molecule has 4 rings (SSSR count). The van der Waals surface area contributed by atoms with Crippen LogP contribution in [-0.2, 0) is 11.2 Å². The second-order valence-electron chi connectivity index (χ2n) is 10.1. The van der Waals surface area contributed by atoms with Gasteiger partial charge in [-0.2, -0.15) is 0 Å². The molecule has 1 aliphatic rings. The van der Waals surface area contributed by atoms with Crippen molar-refractivity contribution in [2.24, 2.45) is 5.41 Å². The zero-order chi connectivity index (χ0) is 26.4. The molecule has 0 saturated carbocycles. The van der Waals surface area contributed by atoms with Crippen LogP contribution in [-0.4, -0.2) is 54.5 Å². The molecule has 1 aromatic carbocycles. The van der Waals surface area contributed by atoms with Crippen LogP contribution in [0.25, 0.3) is 11.3 Å². The summed E-state index contributed by atoms with van der Waals surface area (Å²) < 4.78 is 16.7. The van der Waals surface area contributed by atoms with E-state index in [0.717, 1.165) is 65.6 Å². The molecule has 0 aliphatic carbocycles. The molecule has 0 spiro atoms. The van der Waals surface area contributed by atoms with Crippen LogP contribution in [0.15, 0.2) is 48.8 Å². The summed E-state index contributed by atoms with van der Waals surface area (Å²) in [4.78, 5) is 23.2. The molecule has 0 amide bonds. The number of aliphatic carboxylic acids is 1. The fourth-order valence-corrected chi connectivity index (χ4v) is 4.50. The zero-order valence-corrected chi connectivity index (χ0v) is 22.0. The number of pyridine rings is 2. The van der Waals surface area contributed by atoms with Crippen molar-refractivity contribution in [1.82, 2.24) is 9.97 Å². The summed E-state index contributed by atoms with van der Waals surface area (Å²) in [5.41, 5.74) is 4.28. The van der Waals surface area contributed by atoms with Crippen LogP contribution < -0.4 is 19.1 Å². The van der Waals surface area contributed by atoms with Crippen LogP contribution in [0.2, 0.25) is 0 Å². The van der Waals surface area contributed by atoms with Gasteiger partial charge >= 0.3 is 5.97 Å². The number of hydrogen-bond donors (Lipinski definition) is 1. The van der Waals surface area contributed by atoms with Gasteiger partial charge in [0.25, 0.3) is 0 Å². The predicted octanol–water partition coefficient (Wildman–Crippen LogP) is 5.17. The van der Waals surface area contributed by atoms with Crippen LogP contribution in [0.5, 0.6) is 17.2 Å². The van der Waals surface area contributed by atoms with E-state index in [9.17, 15) is 9.90 Å². The number of ether oxygens (including phenoxy) is 3. The number of carboxylic acid groups (broad SMARTS) is 1. The van der Waals surface area contributed by atoms with Crippen molar-refractivity contribution in [3.8, 4) is 28.5 Å². The van der Waals surface area contributed by atoms with Crippen LogP contribution in [0.4, 0.5) is 5.69 Å². The smallest absolute Gasteiger partial charge is 0.307 e. The SMILES string of the molecule is COc1ccc(OCCOc2ccc(-c3cnc(C)c(CC(=O)O)c3N3CCC(C)(C)CC3)nc2)cc1. The minimum absolute atomic E-state index is 0.0721. The first-order valence-electron chi connectivity index (χ1n) is 12.6. The van der Waals surface area contributed by atoms with Gasteiger partial charge in [-0.1, -0.05) is 13.8 Å². The van der Waals surface area contributed by atoms with E-state index in [2.05, 4.69) is 28.7 Å². The molecule has 37 heavy (non-hydrogen) atoms. The van der Waals surface area contributed by atoms with Crippen LogP contribution >= 0.6 is 0 Å². The highest BCUT2D eigenvalue weighted by molar-refractivity contribution is 5.83. The van der Waals surface area contributed by atoms with E-state index < -0.39 is 5.97 Å². The number of hydrogen-bond acceptors (Lipinski definition) is 7. The number of piperidine rings is 1. The van der Waals surface area contributed by atoms with Gasteiger partial charge in [0.05, 0.1) is 31.1 Å². The maximum Gasteiger partial charge on any atom is 0.307 e. The predicted molar refractivity (Wildman–Crippen MR) is 143 cm³/mol. The monoisotopic (exact) mass is 505 g/mol. The number of anilines is 1. The molecule has 1 N–H and O–H groups in total. The van der Waals surface area contributed by atoms with E-state index in [1.54, 1.807) is 19.5 Å². The Kier molecular flexibility index (Phi) is 8.16. The van der Waals surface area contributed by atoms with Crippen molar-refractivity contribution in [2.75, 3.05) is 38.3 Å². The van der Waals surface area contributed by atoms with Crippen molar-refractivity contribution >= 4 is 11.7 Å². The van der Waals surface area contributed by atoms with Gasteiger partial charge < -0.3 is 24.2 Å². The summed E-state index contributed by atoms with van der Waals surface area (Å²) in [5, 5.41) is 9.60. The number of carbonyl (C=O) groups is 1. The number of nitrogens with zero attached hydrogens (tertiary/aromatic N) is 3. The average Bonchev–Trinajstić information content (AvgIpc) is 2.88. The van der Waals surface area contributed by atoms with Crippen LogP contribution in [0.1, 0.15) is 37.9 Å². The second kappa shape index (κ2) is 11.5. The third-order valence-corrected chi connectivity index (χ3v) is 6.82. The van der Waals surface area contributed by atoms with Crippen molar-refractivity contribution < 1.29 is 24.1 Å². The topological polar surface area (TPSA) is 94.0 Å². The molecule has 1 saturated heterocycles. The molecule has 0 unspecified atom stereocenters. The van der Waals surface area contributed by atoms with Gasteiger partial charge in [-0.05, 0) is 61.6 Å². The Balaban J connectivity index is 1.48. The number of aryl methyl sites for hydroxylation is 1. The van der Waals surface area contributed by atoms with E-state index in [1.807, 2.05) is 43.3 Å². The average molecular weight is 506 g/mol. The summed E-state index contributed by atoms with van der Waals surface area (Å²) >= 11 is 0. The first-order valence-corrected chi connectivity index (χ1v) is 12.6. The largest absolute Gasteiger partial charge is 0.497 e. The maximum absolute atomic E-state index is 11.7. The van der Waals surface area contributed by atoms with Crippen LogP contribution in [0, 0.1) is 12.3 Å². The first kappa shape index (κ1) is 26.3. The Hall–Kier alpha value is -3.81. The molecule has 196 valence electrons. The number of rotatable bonds is 10. The van der Waals surface area contributed by atoms with Crippen molar-refractivity contribution in [3.63, 3.8) is 0 Å². The molecule has 8 nitrogen and oxygen atoms in total. The minimum Gasteiger partial charge on any atom is -0.497 e. The van der Waals surface area contributed by atoms with Gasteiger partial charge in [0.1, 0.15) is 30.5 Å². The normalized spacial score (nSPS) is 14.8. The summed E-state index contributed by atoms with van der Waals surface area (Å²) in [6.45, 7) is 8.93. The lowest BCUT2D eigenvalue weighted by Gasteiger charge is -2.40. The minimum atomic E-state index is -0.866. The number of carboxylic acids is 1. The second-order valence-corrected chi connectivity index (χ2v) is 10.1. The van der Waals surface area contributed by atoms with Crippen molar-refractivity contribution in [2.45, 2.75) is 40.0 Å². The molecule has 3 heterocycles. The molecule has 0 bridgehead atoms. The molecule has 3 aromatic rings. The van der Waals surface area contributed by atoms with E-state index in [4.69, 9.17) is 14.2 Å². The van der Waals surface area contributed by atoms with Crippen molar-refractivity contribution in [3.05, 3.63) is 60.0 Å². The zero-order valence-electron chi connectivity index (χ0n) is 22.0. The Morgan fingerprint density at radius 2 is 1.57 bits per heavy atom. The summed E-state index contributed by atoms with van der Waals surface area (Å²) in [7, 11) is 1.63. The van der Waals surface area contributed by atoms with Gasteiger partial charge in [-0.25, -0.2) is 0 Å². The van der Waals surface area contributed by atoms with E-state index in [0.29, 0.717) is 19.0 Å². The summed E-state index contributed by atoms with van der Waals surface area (Å²) in [5.74, 6) is 1.29. The van der Waals surface area contributed by atoms with Crippen LogP contribution in [0.3, 0.4) is 0 Å². The Morgan fingerprint density at radius 1 is 0.946 bits per heavy atom. The standard InChI is InChI=1S/C29H35N3O5/c1-20-24(17-27(33)34)28(32-13-11-29(2,3)12-14-32)25(19-30-20)26-10-9-23(18-31-26)37-16-15-36-22-7-5-21(35-4)6-8-22/h5-10,18-19H,11-17H2,1-4H3,(H,33,34). The summed E-state index contributed by atoms with van der Waals surface area (Å²) in [6, 6.07) is 11.2. The molecule has 1 fully saturated rings. The van der Waals surface area contributed by atoms with E-state index in [-0.39, 0.29) is 11.8 Å². The van der Waals surface area contributed by atoms with Crippen molar-refractivity contribution in [1.29, 1.82) is 0 Å². The lowest BCUT2D eigenvalue weighted by molar-refractivity contribution is -0.136. The quantitative estimate of drug-likeness (QED) is 0.377. The van der Waals surface area contributed by atoms with E-state index in [1.165, 1.54) is 0 Å². The third kappa shape index (κ3) is 6.70. The highest BCUT2D eigenvalue weighted by Crippen LogP contribution is 2.39. The molecule has 1 aliphatic heterocycles. The number of benzene rings is 1. The highest BCUT2D eigenvalue weighted by Gasteiger charge is 2.29. The number of methoxy groups -OCH3 is 1. The molecule has 2 aromatic heterocycles. The fraction of sp³-hybridized carbons (Fsp3) is 0.414. The van der Waals surface area contributed by atoms with Gasteiger partial charge in [-0.3, -0.25) is 14.8 Å². The lowest BCUT2D eigenvalue weighted by atomic mass is 9.82. The maximum atomic E-state index is 11.7. The third-order valence-electron chi connectivity index (χ3n) is 6.82. The van der Waals surface area contributed by atoms with E-state index >= 15 is 0 Å². The summed E-state index contributed by atoms with van der Waals surface area (Å²) in [6.07, 6.45) is 5.50.